The first-order valence-corrected chi connectivity index (χ1v) is 2.70. The third kappa shape index (κ3) is 2.44. The van der Waals surface area contributed by atoms with Crippen LogP contribution in [0.15, 0.2) is 11.1 Å². The number of aromatic amines is 1. The van der Waals surface area contributed by atoms with E-state index in [0.29, 0.717) is 0 Å². The molecule has 3 nitrogen and oxygen atoms in total. The van der Waals surface area contributed by atoms with Crippen molar-refractivity contribution in [1.82, 2.24) is 9.97 Å². The standard InChI is InChI=1S/C6H8N3.W/c1-5-8-4-3-6(7-2)9-5;/h3H,1-2H3,(H,7,8,9);/q-1;+2. The van der Waals surface area contributed by atoms with Crippen molar-refractivity contribution in [3.8, 4) is 0 Å². The molecule has 0 aliphatic rings. The van der Waals surface area contributed by atoms with Gasteiger partial charge in [0.1, 0.15) is 0 Å². The van der Waals surface area contributed by atoms with Gasteiger partial charge >= 0.3 is 21.1 Å². The number of H-pyrrole nitrogens is 1. The molecule has 1 aromatic heterocycles. The molecule has 0 aliphatic carbocycles. The average Bonchev–Trinajstić information content (AvgIpc) is 1.88. The summed E-state index contributed by atoms with van der Waals surface area (Å²) in [5.74, 6) is 0.832. The van der Waals surface area contributed by atoms with Crippen LogP contribution in [-0.2, 0) is 21.1 Å². The van der Waals surface area contributed by atoms with Crippen molar-refractivity contribution in [1.29, 1.82) is 0 Å². The number of nitrogens with zero attached hydrogens (tertiary/aromatic N) is 2. The van der Waals surface area contributed by atoms with Crippen molar-refractivity contribution in [3.63, 3.8) is 0 Å². The molecular formula is C6H8N3W+. The maximum atomic E-state index is 3.90. The Hall–Kier alpha value is -0.432. The summed E-state index contributed by atoms with van der Waals surface area (Å²) >= 11 is 0. The van der Waals surface area contributed by atoms with Crippen LogP contribution in [0, 0.1) is 13.1 Å². The molecule has 0 saturated heterocycles. The Morgan fingerprint density at radius 2 is 2.40 bits per heavy atom. The molecule has 0 fully saturated rings. The van der Waals surface area contributed by atoms with Crippen molar-refractivity contribution < 1.29 is 21.1 Å². The van der Waals surface area contributed by atoms with Crippen LogP contribution in [0.4, 0.5) is 0 Å². The molecule has 0 radical (unpaired) electrons. The minimum Gasteiger partial charge on any atom is -0.434 e. The Morgan fingerprint density at radius 3 is 2.80 bits per heavy atom. The fourth-order valence-corrected chi connectivity index (χ4v) is 0.560. The van der Waals surface area contributed by atoms with Crippen molar-refractivity contribution >= 4 is 0 Å². The largest absolute Gasteiger partial charge is 2.00 e. The SMILES string of the molecule is CN=c1c[c-]nc(C)[nH]1.[W+2]. The molecule has 1 aromatic rings. The second-order valence-electron chi connectivity index (χ2n) is 1.70. The second-order valence-corrected chi connectivity index (χ2v) is 1.70. The van der Waals surface area contributed by atoms with E-state index in [2.05, 4.69) is 21.2 Å². The van der Waals surface area contributed by atoms with Gasteiger partial charge in [-0.15, -0.1) is 6.07 Å². The Labute approximate surface area is 73.9 Å². The topological polar surface area (TPSA) is 41.0 Å². The van der Waals surface area contributed by atoms with Crippen LogP contribution in [-0.4, -0.2) is 17.0 Å². The van der Waals surface area contributed by atoms with Crippen molar-refractivity contribution in [2.75, 3.05) is 7.05 Å². The molecule has 1 heterocycles. The van der Waals surface area contributed by atoms with Crippen molar-refractivity contribution in [2.45, 2.75) is 6.92 Å². The van der Waals surface area contributed by atoms with Gasteiger partial charge in [-0.3, -0.25) is 0 Å². The number of hydrogen-bond donors (Lipinski definition) is 1. The zero-order valence-electron chi connectivity index (χ0n) is 5.88. The number of nitrogens with one attached hydrogen (secondary N) is 1. The Bertz CT molecular complexity index is 253. The van der Waals surface area contributed by atoms with E-state index in [0.717, 1.165) is 11.3 Å². The first-order valence-electron chi connectivity index (χ1n) is 2.70. The van der Waals surface area contributed by atoms with Gasteiger partial charge in [-0.2, -0.15) is 0 Å². The predicted octanol–water partition coefficient (Wildman–Crippen LogP) is 0.0463. The van der Waals surface area contributed by atoms with Gasteiger partial charge in [0.2, 0.25) is 0 Å². The van der Waals surface area contributed by atoms with Crippen LogP contribution in [0.5, 0.6) is 0 Å². The Balaban J connectivity index is 0.000000810. The molecule has 0 unspecified atom stereocenters. The molecule has 0 atom stereocenters. The average molecular weight is 306 g/mol. The molecule has 10 heavy (non-hydrogen) atoms. The van der Waals surface area contributed by atoms with Gasteiger partial charge in [0.15, 0.2) is 0 Å². The van der Waals surface area contributed by atoms with Crippen LogP contribution >= 0.6 is 0 Å². The molecular weight excluding hydrogens is 298 g/mol. The van der Waals surface area contributed by atoms with Crippen LogP contribution in [0.1, 0.15) is 5.82 Å². The summed E-state index contributed by atoms with van der Waals surface area (Å²) < 4.78 is 0. The molecule has 0 amide bonds. The smallest absolute Gasteiger partial charge is 0.434 e. The molecule has 0 bridgehead atoms. The number of aromatic nitrogens is 2. The van der Waals surface area contributed by atoms with E-state index in [1.54, 1.807) is 13.1 Å². The van der Waals surface area contributed by atoms with Gasteiger partial charge in [-0.1, -0.05) is 13.1 Å². The van der Waals surface area contributed by atoms with E-state index in [9.17, 15) is 0 Å². The molecule has 0 aromatic carbocycles. The van der Waals surface area contributed by atoms with Gasteiger partial charge < -0.3 is 15.0 Å². The zero-order valence-corrected chi connectivity index (χ0v) is 8.81. The normalized spacial score (nSPS) is 10.8. The van der Waals surface area contributed by atoms with Gasteiger partial charge in [-0.05, 0) is 5.82 Å². The Kier molecular flexibility index (Phi) is 4.20. The number of rotatable bonds is 0. The van der Waals surface area contributed by atoms with E-state index in [1.165, 1.54) is 0 Å². The van der Waals surface area contributed by atoms with E-state index in [4.69, 9.17) is 0 Å². The molecule has 0 aliphatic heterocycles. The zero-order chi connectivity index (χ0) is 6.69. The van der Waals surface area contributed by atoms with E-state index >= 15 is 0 Å². The summed E-state index contributed by atoms with van der Waals surface area (Å²) in [6.07, 6.45) is 2.71. The van der Waals surface area contributed by atoms with E-state index in [1.807, 2.05) is 6.92 Å². The molecule has 1 rings (SSSR count). The summed E-state index contributed by atoms with van der Waals surface area (Å²) in [4.78, 5) is 10.7. The van der Waals surface area contributed by atoms with Gasteiger partial charge in [0.05, 0.1) is 0 Å². The predicted molar refractivity (Wildman–Crippen MR) is 33.6 cm³/mol. The second kappa shape index (κ2) is 4.39. The van der Waals surface area contributed by atoms with Crippen LogP contribution in [0.2, 0.25) is 0 Å². The number of hydrogen-bond acceptors (Lipinski definition) is 2. The maximum Gasteiger partial charge on any atom is 2.00 e. The maximum absolute atomic E-state index is 3.90. The molecule has 0 saturated carbocycles. The van der Waals surface area contributed by atoms with Crippen molar-refractivity contribution in [3.05, 3.63) is 23.6 Å². The van der Waals surface area contributed by atoms with Gasteiger partial charge in [0.25, 0.3) is 0 Å². The minimum atomic E-state index is 0. The quantitative estimate of drug-likeness (QED) is 0.676. The first-order chi connectivity index (χ1) is 4.33. The summed E-state index contributed by atoms with van der Waals surface area (Å²) in [5.41, 5.74) is 0.808. The monoisotopic (exact) mass is 306 g/mol. The van der Waals surface area contributed by atoms with E-state index in [-0.39, 0.29) is 21.1 Å². The molecule has 1 N–H and O–H groups in total. The summed E-state index contributed by atoms with van der Waals surface area (Å²) in [6, 6.07) is 1.70. The molecule has 0 spiro atoms. The summed E-state index contributed by atoms with van der Waals surface area (Å²) in [6.45, 7) is 1.87. The third-order valence-corrected chi connectivity index (χ3v) is 0.983. The number of aryl methyl sites for hydroxylation is 1. The van der Waals surface area contributed by atoms with Gasteiger partial charge in [0, 0.05) is 12.5 Å². The molecule has 4 heteroatoms. The van der Waals surface area contributed by atoms with Crippen LogP contribution < -0.4 is 5.49 Å². The Morgan fingerprint density at radius 1 is 1.70 bits per heavy atom. The fourth-order valence-electron chi connectivity index (χ4n) is 0.560. The van der Waals surface area contributed by atoms with Crippen LogP contribution in [0.3, 0.4) is 0 Å². The van der Waals surface area contributed by atoms with Crippen molar-refractivity contribution in [2.24, 2.45) is 4.99 Å². The first kappa shape index (κ1) is 9.57. The summed E-state index contributed by atoms with van der Waals surface area (Å²) in [7, 11) is 1.72. The third-order valence-electron chi connectivity index (χ3n) is 0.983. The minimum absolute atomic E-state index is 0. The fraction of sp³-hybridized carbons (Fsp3) is 0.333. The van der Waals surface area contributed by atoms with E-state index < -0.39 is 0 Å². The summed E-state index contributed by atoms with van der Waals surface area (Å²) in [5, 5.41) is 0. The van der Waals surface area contributed by atoms with Gasteiger partial charge in [-0.25, -0.2) is 0 Å². The van der Waals surface area contributed by atoms with Crippen LogP contribution in [0.25, 0.3) is 0 Å². The molecule has 52 valence electrons.